The van der Waals surface area contributed by atoms with Crippen LogP contribution in [0.2, 0.25) is 0 Å². The molecule has 1 fully saturated rings. The van der Waals surface area contributed by atoms with E-state index in [-0.39, 0.29) is 5.92 Å². The van der Waals surface area contributed by atoms with Gasteiger partial charge in [0.05, 0.1) is 28.2 Å². The van der Waals surface area contributed by atoms with E-state index in [0.717, 1.165) is 58.5 Å². The zero-order valence-corrected chi connectivity index (χ0v) is 21.5. The van der Waals surface area contributed by atoms with Crippen molar-refractivity contribution in [3.8, 4) is 5.75 Å². The fourth-order valence-corrected chi connectivity index (χ4v) is 5.62. The maximum absolute atomic E-state index is 12.2. The number of ether oxygens (including phenoxy) is 1. The van der Waals surface area contributed by atoms with E-state index in [2.05, 4.69) is 41.8 Å². The van der Waals surface area contributed by atoms with E-state index >= 15 is 0 Å². The Kier molecular flexibility index (Phi) is 6.54. The van der Waals surface area contributed by atoms with E-state index in [4.69, 9.17) is 14.7 Å². The molecule has 1 N–H and O–H groups in total. The summed E-state index contributed by atoms with van der Waals surface area (Å²) < 4.78 is 8.34. The van der Waals surface area contributed by atoms with E-state index < -0.39 is 11.9 Å². The van der Waals surface area contributed by atoms with E-state index in [1.165, 1.54) is 11.1 Å². The first-order valence-corrected chi connectivity index (χ1v) is 13.3. The van der Waals surface area contributed by atoms with Gasteiger partial charge in [0.15, 0.2) is 0 Å². The topological polar surface area (TPSA) is 77.2 Å². The van der Waals surface area contributed by atoms with Crippen LogP contribution in [0, 0.1) is 12.8 Å². The summed E-state index contributed by atoms with van der Waals surface area (Å²) in [4.78, 5) is 21.9. The Morgan fingerprint density at radius 1 is 0.947 bits per heavy atom. The molecular weight excluding hydrogens is 474 g/mol. The monoisotopic (exact) mass is 505 g/mol. The number of hydrogen-bond acceptors (Lipinski definition) is 4. The molecule has 1 aliphatic carbocycles. The number of rotatable bonds is 7. The van der Waals surface area contributed by atoms with Crippen LogP contribution in [0.5, 0.6) is 5.75 Å². The number of benzene rings is 3. The fraction of sp³-hybridized carbons (Fsp3) is 0.281. The minimum Gasteiger partial charge on any atom is -0.487 e. The van der Waals surface area contributed by atoms with Crippen LogP contribution in [-0.2, 0) is 17.9 Å². The largest absolute Gasteiger partial charge is 0.487 e. The highest BCUT2D eigenvalue weighted by atomic mass is 16.5. The molecule has 1 aliphatic rings. The lowest BCUT2D eigenvalue weighted by atomic mass is 9.78. The Hall–Kier alpha value is -4.19. The van der Waals surface area contributed by atoms with Gasteiger partial charge in [-0.25, -0.2) is 9.97 Å². The lowest BCUT2D eigenvalue weighted by Crippen LogP contribution is -2.27. The molecule has 1 saturated carbocycles. The minimum absolute atomic E-state index is 0.106. The summed E-state index contributed by atoms with van der Waals surface area (Å²) in [6.45, 7) is 3.09. The molecule has 0 amide bonds. The molecule has 2 heterocycles. The van der Waals surface area contributed by atoms with E-state index in [0.29, 0.717) is 19.6 Å². The number of aromatic nitrogens is 3. The van der Waals surface area contributed by atoms with Crippen LogP contribution >= 0.6 is 0 Å². The van der Waals surface area contributed by atoms with Crippen molar-refractivity contribution in [1.29, 1.82) is 0 Å². The van der Waals surface area contributed by atoms with Gasteiger partial charge in [-0.15, -0.1) is 0 Å². The van der Waals surface area contributed by atoms with Crippen LogP contribution in [0.15, 0.2) is 78.9 Å². The Bertz CT molecular complexity index is 1610. The lowest BCUT2D eigenvalue weighted by molar-refractivity contribution is -0.143. The van der Waals surface area contributed by atoms with Crippen molar-refractivity contribution in [2.75, 3.05) is 0 Å². The number of imidazole rings is 1. The third-order valence-corrected chi connectivity index (χ3v) is 7.67. The molecule has 6 nitrogen and oxygen atoms in total. The summed E-state index contributed by atoms with van der Waals surface area (Å²) in [5.41, 5.74) is 6.01. The Morgan fingerprint density at radius 2 is 1.76 bits per heavy atom. The first-order chi connectivity index (χ1) is 18.5. The number of aryl methyl sites for hydroxylation is 1. The first kappa shape index (κ1) is 24.2. The van der Waals surface area contributed by atoms with Gasteiger partial charge in [-0.1, -0.05) is 66.9 Å². The third kappa shape index (κ3) is 4.86. The summed E-state index contributed by atoms with van der Waals surface area (Å²) in [7, 11) is 0. The van der Waals surface area contributed by atoms with Gasteiger partial charge in [-0.2, -0.15) is 0 Å². The normalized spacial score (nSPS) is 17.6. The smallest absolute Gasteiger partial charge is 0.307 e. The number of carboxylic acid groups (broad SMARTS) is 1. The average molecular weight is 506 g/mol. The van der Waals surface area contributed by atoms with Crippen molar-refractivity contribution in [1.82, 2.24) is 14.5 Å². The lowest BCUT2D eigenvalue weighted by Gasteiger charge is -2.28. The SMILES string of the molecule is Cc1ccc(Cn2c(C3CCCC[C@H]3C(=O)O)nc3cc(OCc4ccc5ccccc5n4)ccc32)cc1. The molecule has 0 aliphatic heterocycles. The molecule has 0 bridgehead atoms. The number of carboxylic acids is 1. The molecule has 0 spiro atoms. The molecule has 2 aromatic heterocycles. The van der Waals surface area contributed by atoms with Gasteiger partial charge < -0.3 is 14.4 Å². The van der Waals surface area contributed by atoms with Crippen LogP contribution in [0.25, 0.3) is 21.9 Å². The van der Waals surface area contributed by atoms with Crippen molar-refractivity contribution in [3.63, 3.8) is 0 Å². The van der Waals surface area contributed by atoms with Gasteiger partial charge in [0, 0.05) is 23.9 Å². The standard InChI is InChI=1S/C32H31N3O3/c1-21-10-12-22(13-11-21)19-35-30-17-16-25(38-20-24-15-14-23-6-2-5-9-28(23)33-24)18-29(30)34-31(35)26-7-3-4-8-27(26)32(36)37/h2,5-6,9-18,26-27H,3-4,7-8,19-20H2,1H3,(H,36,37)/t26?,27-/m1/s1. The quantitative estimate of drug-likeness (QED) is 0.261. The summed E-state index contributed by atoms with van der Waals surface area (Å²) in [6, 6.07) is 26.6. The van der Waals surface area contributed by atoms with Gasteiger partial charge in [-0.05, 0) is 49.6 Å². The molecule has 3 aromatic carbocycles. The summed E-state index contributed by atoms with van der Waals surface area (Å²) >= 11 is 0. The number of hydrogen-bond donors (Lipinski definition) is 1. The number of nitrogens with zero attached hydrogens (tertiary/aromatic N) is 3. The van der Waals surface area contributed by atoms with E-state index in [9.17, 15) is 9.90 Å². The number of aliphatic carboxylic acids is 1. The zero-order chi connectivity index (χ0) is 26.1. The fourth-order valence-electron chi connectivity index (χ4n) is 5.62. The van der Waals surface area contributed by atoms with E-state index in [1.807, 2.05) is 48.5 Å². The highest BCUT2D eigenvalue weighted by Gasteiger charge is 2.35. The number of pyridine rings is 1. The van der Waals surface area contributed by atoms with Gasteiger partial charge in [0.25, 0.3) is 0 Å². The zero-order valence-electron chi connectivity index (χ0n) is 21.5. The van der Waals surface area contributed by atoms with Crippen molar-refractivity contribution < 1.29 is 14.6 Å². The second kappa shape index (κ2) is 10.3. The highest BCUT2D eigenvalue weighted by Crippen LogP contribution is 2.39. The summed E-state index contributed by atoms with van der Waals surface area (Å²) in [5, 5.41) is 11.1. The van der Waals surface area contributed by atoms with Crippen molar-refractivity contribution in [3.05, 3.63) is 102 Å². The van der Waals surface area contributed by atoms with Crippen LogP contribution in [0.4, 0.5) is 0 Å². The maximum Gasteiger partial charge on any atom is 0.307 e. The Morgan fingerprint density at radius 3 is 2.61 bits per heavy atom. The molecule has 2 atom stereocenters. The summed E-state index contributed by atoms with van der Waals surface area (Å²) in [5.74, 6) is 0.339. The van der Waals surface area contributed by atoms with Crippen LogP contribution < -0.4 is 4.74 Å². The minimum atomic E-state index is -0.726. The highest BCUT2D eigenvalue weighted by molar-refractivity contribution is 5.79. The Labute approximate surface area is 221 Å². The predicted molar refractivity (Wildman–Crippen MR) is 148 cm³/mol. The molecule has 5 aromatic rings. The molecular formula is C32H31N3O3. The van der Waals surface area contributed by atoms with Crippen molar-refractivity contribution in [2.45, 2.75) is 51.7 Å². The molecule has 6 heteroatoms. The number of fused-ring (bicyclic) bond motifs is 2. The summed E-state index contributed by atoms with van der Waals surface area (Å²) in [6.07, 6.45) is 3.51. The van der Waals surface area contributed by atoms with E-state index in [1.54, 1.807) is 0 Å². The van der Waals surface area contributed by atoms with Crippen LogP contribution in [0.1, 0.15) is 54.2 Å². The van der Waals surface area contributed by atoms with Gasteiger partial charge in [0.2, 0.25) is 0 Å². The molecule has 6 rings (SSSR count). The van der Waals surface area contributed by atoms with Crippen molar-refractivity contribution >= 4 is 27.9 Å². The average Bonchev–Trinajstić information content (AvgIpc) is 3.30. The van der Waals surface area contributed by atoms with Crippen LogP contribution in [0.3, 0.4) is 0 Å². The van der Waals surface area contributed by atoms with Gasteiger partial charge in [-0.3, -0.25) is 4.79 Å². The maximum atomic E-state index is 12.2. The number of para-hydroxylation sites is 1. The van der Waals surface area contributed by atoms with Gasteiger partial charge >= 0.3 is 5.97 Å². The van der Waals surface area contributed by atoms with Crippen molar-refractivity contribution in [2.24, 2.45) is 5.92 Å². The molecule has 38 heavy (non-hydrogen) atoms. The second-order valence-corrected chi connectivity index (χ2v) is 10.3. The molecule has 0 saturated heterocycles. The van der Waals surface area contributed by atoms with Gasteiger partial charge in [0.1, 0.15) is 18.2 Å². The molecule has 0 radical (unpaired) electrons. The second-order valence-electron chi connectivity index (χ2n) is 10.3. The van der Waals surface area contributed by atoms with Crippen LogP contribution in [-0.4, -0.2) is 25.6 Å². The molecule has 192 valence electrons. The third-order valence-electron chi connectivity index (χ3n) is 7.67. The molecule has 1 unspecified atom stereocenters. The number of carbonyl (C=O) groups is 1. The first-order valence-electron chi connectivity index (χ1n) is 13.3. The Balaban J connectivity index is 1.33. The predicted octanol–water partition coefficient (Wildman–Crippen LogP) is 6.88.